The van der Waals surface area contributed by atoms with Crippen LogP contribution >= 0.6 is 23.2 Å². The van der Waals surface area contributed by atoms with Gasteiger partial charge in [-0.25, -0.2) is 16.8 Å². The molecule has 1 aliphatic heterocycles. The molecule has 0 bridgehead atoms. The summed E-state index contributed by atoms with van der Waals surface area (Å²) in [5, 5.41) is 0.547. The van der Waals surface area contributed by atoms with Crippen molar-refractivity contribution in [2.45, 2.75) is 29.1 Å². The molecule has 0 amide bonds. The summed E-state index contributed by atoms with van der Waals surface area (Å²) in [6.07, 6.45) is 2.68. The summed E-state index contributed by atoms with van der Waals surface area (Å²) in [5.41, 5.74) is 0.186. The number of sulfonamides is 2. The Morgan fingerprint density at radius 2 is 1.41 bits per heavy atom. The third kappa shape index (κ3) is 4.57. The lowest BCUT2D eigenvalue weighted by Crippen LogP contribution is -2.35. The normalized spacial score (nSPS) is 16.2. The molecule has 3 rings (SSSR count). The van der Waals surface area contributed by atoms with Crippen LogP contribution in [-0.4, -0.2) is 34.2 Å². The molecular formula is C17H18Cl2N2O4S2. The molecule has 0 unspecified atom stereocenters. The summed E-state index contributed by atoms with van der Waals surface area (Å²) < 4.78 is 54.2. The van der Waals surface area contributed by atoms with Gasteiger partial charge in [-0.3, -0.25) is 4.72 Å². The molecule has 0 aromatic heterocycles. The van der Waals surface area contributed by atoms with Gasteiger partial charge in [0.25, 0.3) is 10.0 Å². The van der Waals surface area contributed by atoms with E-state index in [1.165, 1.54) is 46.8 Å². The minimum Gasteiger partial charge on any atom is -0.278 e. The van der Waals surface area contributed by atoms with E-state index in [1.54, 1.807) is 0 Å². The van der Waals surface area contributed by atoms with Crippen LogP contribution in [0.4, 0.5) is 5.69 Å². The Balaban J connectivity index is 1.83. The fraction of sp³-hybridized carbons (Fsp3) is 0.294. The highest BCUT2D eigenvalue weighted by atomic mass is 35.5. The Morgan fingerprint density at radius 3 is 2.00 bits per heavy atom. The number of hydrogen-bond acceptors (Lipinski definition) is 4. The van der Waals surface area contributed by atoms with Crippen LogP contribution in [0.3, 0.4) is 0 Å². The second-order valence-corrected chi connectivity index (χ2v) is 10.6. The zero-order chi connectivity index (χ0) is 19.7. The Morgan fingerprint density at radius 1 is 0.815 bits per heavy atom. The first-order chi connectivity index (χ1) is 12.7. The number of piperidine rings is 1. The van der Waals surface area contributed by atoms with Crippen LogP contribution in [0.5, 0.6) is 0 Å². The van der Waals surface area contributed by atoms with E-state index in [9.17, 15) is 16.8 Å². The highest BCUT2D eigenvalue weighted by molar-refractivity contribution is 7.92. The summed E-state index contributed by atoms with van der Waals surface area (Å²) in [7, 11) is -7.53. The third-order valence-corrected chi connectivity index (χ3v) is 8.10. The molecule has 27 heavy (non-hydrogen) atoms. The zero-order valence-electron chi connectivity index (χ0n) is 14.2. The number of nitrogens with zero attached hydrogens (tertiary/aromatic N) is 1. The van der Waals surface area contributed by atoms with Crippen LogP contribution in [0.25, 0.3) is 0 Å². The van der Waals surface area contributed by atoms with Crippen LogP contribution in [0.15, 0.2) is 52.3 Å². The Bertz CT molecular complexity index is 1030. The van der Waals surface area contributed by atoms with Crippen molar-refractivity contribution in [2.75, 3.05) is 17.8 Å². The van der Waals surface area contributed by atoms with Gasteiger partial charge >= 0.3 is 0 Å². The van der Waals surface area contributed by atoms with Gasteiger partial charge in [0.1, 0.15) is 0 Å². The molecule has 1 fully saturated rings. The summed E-state index contributed by atoms with van der Waals surface area (Å²) in [6.45, 7) is 0.970. The molecule has 2 aromatic rings. The van der Waals surface area contributed by atoms with Crippen molar-refractivity contribution in [1.82, 2.24) is 4.31 Å². The fourth-order valence-electron chi connectivity index (χ4n) is 2.82. The molecule has 0 spiro atoms. The average Bonchev–Trinajstić information content (AvgIpc) is 2.65. The van der Waals surface area contributed by atoms with E-state index in [1.807, 2.05) is 0 Å². The molecule has 1 saturated heterocycles. The monoisotopic (exact) mass is 448 g/mol. The summed E-state index contributed by atoms with van der Waals surface area (Å²) >= 11 is 11.8. The molecule has 1 aliphatic rings. The van der Waals surface area contributed by atoms with E-state index in [0.29, 0.717) is 18.1 Å². The first-order valence-corrected chi connectivity index (χ1v) is 12.0. The van der Waals surface area contributed by atoms with Gasteiger partial charge in [0, 0.05) is 18.1 Å². The molecule has 1 heterocycles. The number of anilines is 1. The maximum atomic E-state index is 12.6. The molecule has 6 nitrogen and oxygen atoms in total. The SMILES string of the molecule is O=S(=O)(Nc1ccc(Cl)cc1Cl)c1ccc(S(=O)(=O)N2CCCCC2)cc1. The van der Waals surface area contributed by atoms with Crippen molar-refractivity contribution >= 4 is 48.9 Å². The number of nitrogens with one attached hydrogen (secondary N) is 1. The highest BCUT2D eigenvalue weighted by Crippen LogP contribution is 2.28. The largest absolute Gasteiger partial charge is 0.278 e. The highest BCUT2D eigenvalue weighted by Gasteiger charge is 2.26. The topological polar surface area (TPSA) is 83.5 Å². The second kappa shape index (κ2) is 7.97. The molecule has 1 N–H and O–H groups in total. The second-order valence-electron chi connectivity index (χ2n) is 6.17. The van der Waals surface area contributed by atoms with Crippen LogP contribution in [0.1, 0.15) is 19.3 Å². The summed E-state index contributed by atoms with van der Waals surface area (Å²) in [6, 6.07) is 9.54. The molecule has 0 atom stereocenters. The van der Waals surface area contributed by atoms with E-state index in [-0.39, 0.29) is 20.5 Å². The minimum atomic E-state index is -3.92. The molecule has 2 aromatic carbocycles. The Kier molecular flexibility index (Phi) is 6.02. The molecule has 10 heteroatoms. The smallest absolute Gasteiger partial charge is 0.261 e. The maximum absolute atomic E-state index is 12.6. The van der Waals surface area contributed by atoms with E-state index < -0.39 is 20.0 Å². The summed E-state index contributed by atoms with van der Waals surface area (Å²) in [5.74, 6) is 0. The van der Waals surface area contributed by atoms with Gasteiger partial charge in [0.05, 0.1) is 20.5 Å². The van der Waals surface area contributed by atoms with Gasteiger partial charge in [-0.2, -0.15) is 4.31 Å². The van der Waals surface area contributed by atoms with Crippen molar-refractivity contribution in [3.8, 4) is 0 Å². The zero-order valence-corrected chi connectivity index (χ0v) is 17.4. The predicted octanol–water partition coefficient (Wildman–Crippen LogP) is 3.97. The van der Waals surface area contributed by atoms with Crippen molar-refractivity contribution in [3.63, 3.8) is 0 Å². The summed E-state index contributed by atoms with van der Waals surface area (Å²) in [4.78, 5) is 0.0130. The van der Waals surface area contributed by atoms with Gasteiger partial charge in [0.15, 0.2) is 0 Å². The van der Waals surface area contributed by atoms with Gasteiger partial charge < -0.3 is 0 Å². The molecule has 0 saturated carbocycles. The first-order valence-electron chi connectivity index (χ1n) is 8.28. The molecular weight excluding hydrogens is 431 g/mol. The fourth-order valence-corrected chi connectivity index (χ4v) is 5.93. The lowest BCUT2D eigenvalue weighted by molar-refractivity contribution is 0.346. The van der Waals surface area contributed by atoms with Crippen molar-refractivity contribution < 1.29 is 16.8 Å². The minimum absolute atomic E-state index is 0.0638. The lowest BCUT2D eigenvalue weighted by atomic mass is 10.2. The van der Waals surface area contributed by atoms with Crippen molar-refractivity contribution in [3.05, 3.63) is 52.5 Å². The van der Waals surface area contributed by atoms with E-state index >= 15 is 0 Å². The van der Waals surface area contributed by atoms with Gasteiger partial charge in [0.2, 0.25) is 10.0 Å². The third-order valence-electron chi connectivity index (χ3n) is 4.26. The quantitative estimate of drug-likeness (QED) is 0.749. The van der Waals surface area contributed by atoms with Gasteiger partial charge in [-0.1, -0.05) is 29.6 Å². The number of hydrogen-bond donors (Lipinski definition) is 1. The molecule has 146 valence electrons. The Hall–Kier alpha value is -1.32. The van der Waals surface area contributed by atoms with E-state index in [2.05, 4.69) is 4.72 Å². The van der Waals surface area contributed by atoms with Crippen LogP contribution < -0.4 is 4.72 Å². The van der Waals surface area contributed by atoms with Crippen molar-refractivity contribution in [2.24, 2.45) is 0 Å². The van der Waals surface area contributed by atoms with Crippen molar-refractivity contribution in [1.29, 1.82) is 0 Å². The number of halogens is 2. The molecule has 0 radical (unpaired) electrons. The van der Waals surface area contributed by atoms with E-state index in [0.717, 1.165) is 19.3 Å². The molecule has 0 aliphatic carbocycles. The number of benzene rings is 2. The maximum Gasteiger partial charge on any atom is 0.261 e. The standard InChI is InChI=1S/C17H18Cl2N2O4S2/c18-13-4-9-17(16(19)12-13)20-26(22,23)14-5-7-15(8-6-14)27(24,25)21-10-2-1-3-11-21/h4-9,12,20H,1-3,10-11H2. The van der Waals surface area contributed by atoms with E-state index in [4.69, 9.17) is 23.2 Å². The van der Waals surface area contributed by atoms with Gasteiger partial charge in [-0.05, 0) is 55.3 Å². The average molecular weight is 449 g/mol. The Labute approximate surface area is 169 Å². The van der Waals surface area contributed by atoms with Crippen LogP contribution in [0, 0.1) is 0 Å². The first kappa shape index (κ1) is 20.4. The van der Waals surface area contributed by atoms with Crippen LogP contribution in [0.2, 0.25) is 10.0 Å². The number of rotatable bonds is 5. The van der Waals surface area contributed by atoms with Gasteiger partial charge in [-0.15, -0.1) is 0 Å². The predicted molar refractivity (Wildman–Crippen MR) is 106 cm³/mol. The van der Waals surface area contributed by atoms with Crippen LogP contribution in [-0.2, 0) is 20.0 Å². The lowest BCUT2D eigenvalue weighted by Gasteiger charge is -2.25.